The third kappa shape index (κ3) is 7.43. The van der Waals surface area contributed by atoms with Crippen LogP contribution in [0.5, 0.6) is 11.5 Å². The Hall–Kier alpha value is -6.34. The molecular formula is C37H38N10O8. The number of benzene rings is 2. The van der Waals surface area contributed by atoms with E-state index >= 15 is 0 Å². The van der Waals surface area contributed by atoms with E-state index in [1.165, 1.54) is 17.0 Å². The molecule has 2 aliphatic heterocycles. The number of anilines is 3. The van der Waals surface area contributed by atoms with E-state index in [2.05, 4.69) is 31.1 Å². The summed E-state index contributed by atoms with van der Waals surface area (Å²) in [5.41, 5.74) is 3.25. The molecule has 0 unspecified atom stereocenters. The minimum absolute atomic E-state index is 0.127. The summed E-state index contributed by atoms with van der Waals surface area (Å²) in [5, 5.41) is 64.7. The number of phenols is 2. The number of ether oxygens (including phenoxy) is 1. The summed E-state index contributed by atoms with van der Waals surface area (Å²) >= 11 is 0. The van der Waals surface area contributed by atoms with Gasteiger partial charge in [0.15, 0.2) is 29.0 Å². The summed E-state index contributed by atoms with van der Waals surface area (Å²) in [4.78, 5) is 33.2. The Labute approximate surface area is 313 Å². The number of urea groups is 1. The Morgan fingerprint density at radius 3 is 2.40 bits per heavy atom. The Morgan fingerprint density at radius 2 is 1.73 bits per heavy atom. The minimum atomic E-state index is -1.42. The van der Waals surface area contributed by atoms with Gasteiger partial charge in [0.25, 0.3) is 0 Å². The van der Waals surface area contributed by atoms with Crippen LogP contribution in [-0.2, 0) is 11.3 Å². The van der Waals surface area contributed by atoms with Gasteiger partial charge in [0.1, 0.15) is 35.5 Å². The number of nitrogens with zero attached hydrogens (tertiary/aromatic N) is 7. The van der Waals surface area contributed by atoms with Crippen LogP contribution in [0.15, 0.2) is 90.0 Å². The van der Waals surface area contributed by atoms with Crippen LogP contribution in [0.25, 0.3) is 11.2 Å². The van der Waals surface area contributed by atoms with Crippen molar-refractivity contribution in [1.29, 1.82) is 0 Å². The molecule has 5 atom stereocenters. The molecule has 6 heterocycles. The average molecular weight is 751 g/mol. The van der Waals surface area contributed by atoms with Gasteiger partial charge >= 0.3 is 6.03 Å². The number of aromatic hydroxyl groups is 2. The third-order valence-electron chi connectivity index (χ3n) is 9.73. The van der Waals surface area contributed by atoms with Gasteiger partial charge in [-0.2, -0.15) is 9.97 Å². The molecule has 0 radical (unpaired) electrons. The Kier molecular flexibility index (Phi) is 9.85. The van der Waals surface area contributed by atoms with Crippen molar-refractivity contribution in [3.8, 4) is 11.5 Å². The molecule has 2 aliphatic rings. The fraction of sp³-hybridized carbons (Fsp3) is 0.297. The number of amides is 2. The first-order valence-corrected chi connectivity index (χ1v) is 17.6. The van der Waals surface area contributed by atoms with Gasteiger partial charge in [-0.3, -0.25) is 9.55 Å². The molecular weight excluding hydrogens is 712 g/mol. The summed E-state index contributed by atoms with van der Waals surface area (Å²) < 4.78 is 13.0. The van der Waals surface area contributed by atoms with E-state index in [-0.39, 0.29) is 47.6 Å². The number of hydrogen-bond donors (Lipinski definition) is 8. The SMILES string of the molecule is O=C(Nc1cccnc1)N[C@@H]1CCN(c2nc(NCC(c3ccc(O)cc3)c3ccc(O)cc3)c3ncn([C@@H]4O[C@H](c5cc(CO)no5)[C@@H](O)[C@H]4O)c3n2)C1. The number of aliphatic hydroxyl groups is 3. The molecule has 18 nitrogen and oxygen atoms in total. The second kappa shape index (κ2) is 15.2. The topological polar surface area (TPSA) is 249 Å². The number of aliphatic hydroxyl groups excluding tert-OH is 3. The lowest BCUT2D eigenvalue weighted by Gasteiger charge is -2.22. The van der Waals surface area contributed by atoms with Gasteiger partial charge in [0.05, 0.1) is 24.8 Å². The van der Waals surface area contributed by atoms with Crippen LogP contribution < -0.4 is 20.9 Å². The molecule has 0 spiro atoms. The smallest absolute Gasteiger partial charge is 0.319 e. The number of fused-ring (bicyclic) bond motifs is 1. The van der Waals surface area contributed by atoms with Crippen molar-refractivity contribution in [2.75, 3.05) is 35.2 Å². The fourth-order valence-electron chi connectivity index (χ4n) is 6.91. The number of carbonyl (C=O) groups excluding carboxylic acids is 1. The first-order chi connectivity index (χ1) is 26.7. The summed E-state index contributed by atoms with van der Waals surface area (Å²) in [6.07, 6.45) is 0.170. The Bertz CT molecular complexity index is 2210. The predicted molar refractivity (Wildman–Crippen MR) is 196 cm³/mol. The molecule has 0 aliphatic carbocycles. The average Bonchev–Trinajstić information content (AvgIpc) is 4.01. The van der Waals surface area contributed by atoms with Crippen LogP contribution in [0.2, 0.25) is 0 Å². The molecule has 2 saturated heterocycles. The molecule has 55 heavy (non-hydrogen) atoms. The highest BCUT2D eigenvalue weighted by Gasteiger charge is 2.47. The van der Waals surface area contributed by atoms with E-state index in [4.69, 9.17) is 19.2 Å². The first-order valence-electron chi connectivity index (χ1n) is 17.6. The van der Waals surface area contributed by atoms with Gasteiger partial charge in [0, 0.05) is 43.9 Å². The van der Waals surface area contributed by atoms with Gasteiger partial charge in [-0.1, -0.05) is 29.4 Å². The highest BCUT2D eigenvalue weighted by Crippen LogP contribution is 2.41. The van der Waals surface area contributed by atoms with Crippen molar-refractivity contribution in [3.05, 3.63) is 108 Å². The van der Waals surface area contributed by atoms with E-state index in [0.717, 1.165) is 11.1 Å². The predicted octanol–water partition coefficient (Wildman–Crippen LogP) is 2.75. The van der Waals surface area contributed by atoms with Crippen LogP contribution in [0.3, 0.4) is 0 Å². The molecule has 18 heteroatoms. The van der Waals surface area contributed by atoms with Crippen molar-refractivity contribution in [2.45, 2.75) is 49.5 Å². The van der Waals surface area contributed by atoms with Crippen LogP contribution in [0.1, 0.15) is 47.3 Å². The molecule has 284 valence electrons. The van der Waals surface area contributed by atoms with Crippen molar-refractivity contribution < 1.29 is 39.6 Å². The lowest BCUT2D eigenvalue weighted by atomic mass is 9.91. The number of carbonyl (C=O) groups is 1. The lowest BCUT2D eigenvalue weighted by Crippen LogP contribution is -2.40. The number of phenolic OH excluding ortho intramolecular Hbond substituents is 2. The molecule has 2 amide bonds. The maximum absolute atomic E-state index is 12.8. The number of hydrogen-bond acceptors (Lipinski definition) is 15. The minimum Gasteiger partial charge on any atom is -0.508 e. The van der Waals surface area contributed by atoms with Crippen molar-refractivity contribution >= 4 is 34.6 Å². The van der Waals surface area contributed by atoms with E-state index in [0.29, 0.717) is 54.7 Å². The second-order valence-electron chi connectivity index (χ2n) is 13.4. The molecule has 0 bridgehead atoms. The maximum atomic E-state index is 12.8. The van der Waals surface area contributed by atoms with E-state index in [1.54, 1.807) is 48.8 Å². The van der Waals surface area contributed by atoms with Crippen molar-refractivity contribution in [2.24, 2.45) is 0 Å². The molecule has 2 aromatic carbocycles. The Morgan fingerprint density at radius 1 is 0.982 bits per heavy atom. The molecule has 6 aromatic rings. The van der Waals surface area contributed by atoms with Gasteiger partial charge in [-0.15, -0.1) is 0 Å². The first kappa shape index (κ1) is 35.7. The van der Waals surface area contributed by atoms with Gasteiger partial charge in [-0.05, 0) is 53.9 Å². The molecule has 8 rings (SSSR count). The standard InChI is InChI=1S/C37H38N10O8/c48-18-24-14-28(55-45-24)32-30(51)31(52)35(54-32)47-19-40-29-33(39-16-27(20-3-7-25(49)8-4-20)21-5-9-26(50)10-6-21)43-36(44-34(29)47)46-13-11-23(17-46)42-37(53)41-22-2-1-12-38-15-22/h1-10,12,14-15,19,23,27,30-32,35,48-52H,11,13,16-18H2,(H,39,43,44)(H2,41,42,53)/t23-,30+,31-,32-,35-/m1/s1. The Balaban J connectivity index is 1.11. The van der Waals surface area contributed by atoms with E-state index in [9.17, 15) is 30.3 Å². The normalized spacial score (nSPS) is 21.0. The third-order valence-corrected chi connectivity index (χ3v) is 9.73. The fourth-order valence-corrected chi connectivity index (χ4v) is 6.91. The zero-order valence-electron chi connectivity index (χ0n) is 29.2. The molecule has 8 N–H and O–H groups in total. The van der Waals surface area contributed by atoms with Crippen molar-refractivity contribution in [3.63, 3.8) is 0 Å². The lowest BCUT2D eigenvalue weighted by molar-refractivity contribution is -0.0434. The summed E-state index contributed by atoms with van der Waals surface area (Å²) in [5.74, 6) is 0.839. The van der Waals surface area contributed by atoms with Crippen molar-refractivity contribution in [1.82, 2.24) is 35.0 Å². The maximum Gasteiger partial charge on any atom is 0.319 e. The molecule has 0 saturated carbocycles. The summed E-state index contributed by atoms with van der Waals surface area (Å²) in [6.45, 7) is 0.852. The van der Waals surface area contributed by atoms with Crippen LogP contribution in [0, 0.1) is 0 Å². The van der Waals surface area contributed by atoms with Crippen LogP contribution >= 0.6 is 0 Å². The highest BCUT2D eigenvalue weighted by molar-refractivity contribution is 5.89. The van der Waals surface area contributed by atoms with Crippen LogP contribution in [0.4, 0.5) is 22.2 Å². The zero-order chi connectivity index (χ0) is 38.1. The zero-order valence-corrected chi connectivity index (χ0v) is 29.2. The second-order valence-corrected chi connectivity index (χ2v) is 13.4. The van der Waals surface area contributed by atoms with Crippen LogP contribution in [-0.4, -0.2) is 99.1 Å². The molecule has 4 aromatic heterocycles. The monoisotopic (exact) mass is 750 g/mol. The number of nitrogens with one attached hydrogen (secondary N) is 3. The summed E-state index contributed by atoms with van der Waals surface area (Å²) in [7, 11) is 0. The number of imidazole rings is 1. The largest absolute Gasteiger partial charge is 0.508 e. The summed E-state index contributed by atoms with van der Waals surface area (Å²) in [6, 6.07) is 18.1. The van der Waals surface area contributed by atoms with E-state index < -0.39 is 24.5 Å². The molecule has 2 fully saturated rings. The van der Waals surface area contributed by atoms with Gasteiger partial charge in [-0.25, -0.2) is 9.78 Å². The van der Waals surface area contributed by atoms with E-state index in [1.807, 2.05) is 29.2 Å². The number of rotatable bonds is 11. The number of aromatic nitrogens is 6. The highest BCUT2D eigenvalue weighted by atomic mass is 16.6. The van der Waals surface area contributed by atoms with Gasteiger partial charge < -0.3 is 55.6 Å². The quantitative estimate of drug-likeness (QED) is 0.0948. The van der Waals surface area contributed by atoms with Gasteiger partial charge in [0.2, 0.25) is 5.95 Å². The number of pyridine rings is 1.